The van der Waals surface area contributed by atoms with E-state index in [1.807, 2.05) is 16.0 Å². The number of hydrogen-bond donors (Lipinski definition) is 0. The summed E-state index contributed by atoms with van der Waals surface area (Å²) in [7, 11) is 1.78. The number of likely N-dealkylation sites (tertiary alicyclic amines) is 1. The van der Waals surface area contributed by atoms with E-state index in [0.717, 1.165) is 90.3 Å². The molecule has 33 heavy (non-hydrogen) atoms. The van der Waals surface area contributed by atoms with E-state index in [-0.39, 0.29) is 11.0 Å². The summed E-state index contributed by atoms with van der Waals surface area (Å²) in [6.07, 6.45) is 8.42. The first-order chi connectivity index (χ1) is 16.0. The van der Waals surface area contributed by atoms with Gasteiger partial charge in [0.25, 0.3) is 0 Å². The lowest BCUT2D eigenvalue weighted by Crippen LogP contribution is -2.50. The molecule has 182 valence electrons. The van der Waals surface area contributed by atoms with Crippen molar-refractivity contribution in [2.24, 2.45) is 5.41 Å². The zero-order chi connectivity index (χ0) is 22.9. The second kappa shape index (κ2) is 9.74. The SMILES string of the molecule is CCc1cc2c(s1)CCO[C@@]21CCN(Cc2cn(CC3(COC)CCOCC3)nn2)[C@@H](C)C1. The third-order valence-electron chi connectivity index (χ3n) is 7.91. The fraction of sp³-hybridized carbons (Fsp3) is 0.760. The summed E-state index contributed by atoms with van der Waals surface area (Å²) < 4.78 is 19.7. The Kier molecular flexibility index (Phi) is 6.91. The van der Waals surface area contributed by atoms with Crippen molar-refractivity contribution in [2.45, 2.75) is 77.1 Å². The van der Waals surface area contributed by atoms with Crippen LogP contribution in [0.2, 0.25) is 0 Å². The molecule has 2 fully saturated rings. The molecule has 5 heterocycles. The first kappa shape index (κ1) is 23.4. The Hall–Kier alpha value is -1.32. The standard InChI is InChI=1S/C25H38N4O3S/c1-4-21-13-22-23(33-21)5-10-32-25(22)6-9-28(19(2)14-25)15-20-16-29(27-26-20)17-24(18-30-3)7-11-31-12-8-24/h13,16,19H,4-12,14-15,17-18H2,1-3H3/t19-,25+/m0/s1. The molecule has 3 aliphatic heterocycles. The maximum absolute atomic E-state index is 6.51. The number of thiophene rings is 1. The predicted molar refractivity (Wildman–Crippen MR) is 129 cm³/mol. The fourth-order valence-electron chi connectivity index (χ4n) is 6.01. The zero-order valence-electron chi connectivity index (χ0n) is 20.3. The highest BCUT2D eigenvalue weighted by Gasteiger charge is 2.44. The van der Waals surface area contributed by atoms with E-state index in [4.69, 9.17) is 14.2 Å². The smallest absolute Gasteiger partial charge is 0.0969 e. The Morgan fingerprint density at radius 3 is 2.85 bits per heavy atom. The number of hydrogen-bond acceptors (Lipinski definition) is 7. The maximum atomic E-state index is 6.51. The second-order valence-corrected chi connectivity index (χ2v) is 11.4. The third kappa shape index (κ3) is 4.78. The van der Waals surface area contributed by atoms with Gasteiger partial charge in [0, 0.05) is 67.2 Å². The Morgan fingerprint density at radius 1 is 1.24 bits per heavy atom. The molecule has 0 amide bonds. The average molecular weight is 475 g/mol. The van der Waals surface area contributed by atoms with E-state index in [9.17, 15) is 0 Å². The number of aromatic nitrogens is 3. The molecule has 0 unspecified atom stereocenters. The van der Waals surface area contributed by atoms with E-state index in [1.54, 1.807) is 12.0 Å². The Morgan fingerprint density at radius 2 is 2.09 bits per heavy atom. The highest BCUT2D eigenvalue weighted by molar-refractivity contribution is 7.12. The quantitative estimate of drug-likeness (QED) is 0.608. The van der Waals surface area contributed by atoms with Gasteiger partial charge in [0.05, 0.1) is 31.1 Å². The van der Waals surface area contributed by atoms with E-state index < -0.39 is 0 Å². The largest absolute Gasteiger partial charge is 0.384 e. The molecule has 0 aliphatic carbocycles. The minimum atomic E-state index is -0.0966. The number of nitrogens with zero attached hydrogens (tertiary/aromatic N) is 4. The van der Waals surface area contributed by atoms with Crippen molar-refractivity contribution >= 4 is 11.3 Å². The summed E-state index contributed by atoms with van der Waals surface area (Å²) in [5.74, 6) is 0. The van der Waals surface area contributed by atoms with E-state index in [0.29, 0.717) is 6.04 Å². The monoisotopic (exact) mass is 474 g/mol. The molecule has 3 aliphatic rings. The molecule has 7 nitrogen and oxygen atoms in total. The molecule has 0 bridgehead atoms. The zero-order valence-corrected chi connectivity index (χ0v) is 21.2. The van der Waals surface area contributed by atoms with Gasteiger partial charge in [-0.25, -0.2) is 0 Å². The van der Waals surface area contributed by atoms with Gasteiger partial charge in [-0.3, -0.25) is 9.58 Å². The van der Waals surface area contributed by atoms with Gasteiger partial charge in [0.2, 0.25) is 0 Å². The second-order valence-electron chi connectivity index (χ2n) is 10.2. The van der Waals surface area contributed by atoms with Gasteiger partial charge in [0.1, 0.15) is 0 Å². The lowest BCUT2D eigenvalue weighted by molar-refractivity contribution is -0.112. The minimum absolute atomic E-state index is 0.0939. The topological polar surface area (TPSA) is 61.6 Å². The number of aryl methyl sites for hydroxylation is 1. The molecule has 2 atom stereocenters. The van der Waals surface area contributed by atoms with Crippen molar-refractivity contribution in [1.82, 2.24) is 19.9 Å². The molecule has 2 saturated heterocycles. The summed E-state index contributed by atoms with van der Waals surface area (Å²) in [5.41, 5.74) is 2.52. The van der Waals surface area contributed by atoms with Crippen molar-refractivity contribution in [3.05, 3.63) is 33.3 Å². The number of methoxy groups -OCH3 is 1. The molecule has 0 aromatic carbocycles. The van der Waals surface area contributed by atoms with Crippen molar-refractivity contribution in [1.29, 1.82) is 0 Å². The molecular formula is C25H38N4O3S. The highest BCUT2D eigenvalue weighted by Crippen LogP contribution is 2.46. The van der Waals surface area contributed by atoms with Crippen LogP contribution in [0.25, 0.3) is 0 Å². The molecule has 0 saturated carbocycles. The van der Waals surface area contributed by atoms with E-state index >= 15 is 0 Å². The molecule has 0 N–H and O–H groups in total. The van der Waals surface area contributed by atoms with Gasteiger partial charge in [0.15, 0.2) is 0 Å². The van der Waals surface area contributed by atoms with Gasteiger partial charge in [-0.15, -0.1) is 16.4 Å². The van der Waals surface area contributed by atoms with Crippen LogP contribution in [0.4, 0.5) is 0 Å². The first-order valence-electron chi connectivity index (χ1n) is 12.5. The van der Waals surface area contributed by atoms with E-state index in [1.165, 1.54) is 10.4 Å². The van der Waals surface area contributed by atoms with Gasteiger partial charge in [-0.05, 0) is 50.7 Å². The molecule has 0 radical (unpaired) electrons. The van der Waals surface area contributed by atoms with Gasteiger partial charge in [-0.2, -0.15) is 0 Å². The molecule has 8 heteroatoms. The Balaban J connectivity index is 1.23. The van der Waals surface area contributed by atoms with Crippen LogP contribution in [0.3, 0.4) is 0 Å². The lowest BCUT2D eigenvalue weighted by Gasteiger charge is -2.47. The predicted octanol–water partition coefficient (Wildman–Crippen LogP) is 3.80. The van der Waals surface area contributed by atoms with E-state index in [2.05, 4.69) is 41.3 Å². The summed E-state index contributed by atoms with van der Waals surface area (Å²) >= 11 is 2.00. The van der Waals surface area contributed by atoms with Crippen molar-refractivity contribution in [3.63, 3.8) is 0 Å². The summed E-state index contributed by atoms with van der Waals surface area (Å²) in [5, 5.41) is 9.00. The van der Waals surface area contributed by atoms with Crippen LogP contribution >= 0.6 is 11.3 Å². The van der Waals surface area contributed by atoms with Gasteiger partial charge in [-0.1, -0.05) is 12.1 Å². The normalized spacial score (nSPS) is 27.7. The summed E-state index contributed by atoms with van der Waals surface area (Å²) in [4.78, 5) is 5.59. The third-order valence-corrected chi connectivity index (χ3v) is 9.25. The number of fused-ring (bicyclic) bond motifs is 2. The number of ether oxygens (including phenoxy) is 3. The minimum Gasteiger partial charge on any atom is -0.384 e. The van der Waals surface area contributed by atoms with Crippen LogP contribution in [-0.2, 0) is 45.7 Å². The molecule has 5 rings (SSSR count). The van der Waals surface area contributed by atoms with Gasteiger partial charge >= 0.3 is 0 Å². The van der Waals surface area contributed by atoms with Crippen LogP contribution in [0, 0.1) is 5.41 Å². The summed E-state index contributed by atoms with van der Waals surface area (Å²) in [6.45, 7) is 10.5. The van der Waals surface area contributed by atoms with Crippen LogP contribution in [0.15, 0.2) is 12.3 Å². The number of piperidine rings is 1. The fourth-order valence-corrected chi connectivity index (χ4v) is 7.19. The van der Waals surface area contributed by atoms with Crippen molar-refractivity contribution < 1.29 is 14.2 Å². The van der Waals surface area contributed by atoms with Crippen LogP contribution in [0.5, 0.6) is 0 Å². The average Bonchev–Trinajstić information content (AvgIpc) is 3.44. The maximum Gasteiger partial charge on any atom is 0.0969 e. The number of rotatable bonds is 7. The molecule has 2 aromatic rings. The summed E-state index contributed by atoms with van der Waals surface area (Å²) in [6, 6.07) is 2.87. The molecular weight excluding hydrogens is 436 g/mol. The van der Waals surface area contributed by atoms with Crippen molar-refractivity contribution in [3.8, 4) is 0 Å². The van der Waals surface area contributed by atoms with Crippen LogP contribution in [-0.4, -0.2) is 66.0 Å². The van der Waals surface area contributed by atoms with Crippen LogP contribution < -0.4 is 0 Å². The Labute approximate surface area is 201 Å². The molecule has 1 spiro atoms. The van der Waals surface area contributed by atoms with Crippen LogP contribution in [0.1, 0.15) is 60.5 Å². The lowest BCUT2D eigenvalue weighted by atomic mass is 9.79. The molecule has 2 aromatic heterocycles. The first-order valence-corrected chi connectivity index (χ1v) is 13.3. The highest BCUT2D eigenvalue weighted by atomic mass is 32.1. The van der Waals surface area contributed by atoms with Crippen molar-refractivity contribution in [2.75, 3.05) is 40.1 Å². The van der Waals surface area contributed by atoms with Gasteiger partial charge < -0.3 is 14.2 Å². The Bertz CT molecular complexity index is 932.